The van der Waals surface area contributed by atoms with Crippen molar-refractivity contribution in [3.8, 4) is 5.75 Å². The molecule has 0 aromatic heterocycles. The number of azo groups is 1. The lowest BCUT2D eigenvalue weighted by Gasteiger charge is -2.15. The van der Waals surface area contributed by atoms with Crippen LogP contribution >= 0.6 is 0 Å². The summed E-state index contributed by atoms with van der Waals surface area (Å²) in [5.74, 6) is 1.35. The molecule has 0 spiro atoms. The average molecular weight is 451 g/mol. The highest BCUT2D eigenvalue weighted by atomic mass is 16.5. The first-order chi connectivity index (χ1) is 15.9. The van der Waals surface area contributed by atoms with Crippen molar-refractivity contribution in [3.63, 3.8) is 0 Å². The minimum Gasteiger partial charge on any atom is -0.493 e. The van der Waals surface area contributed by atoms with E-state index in [1.165, 1.54) is 74.5 Å². The summed E-state index contributed by atoms with van der Waals surface area (Å²) in [6.07, 6.45) is 13.4. The highest BCUT2D eigenvalue weighted by Gasteiger charge is 2.12. The van der Waals surface area contributed by atoms with Gasteiger partial charge < -0.3 is 4.74 Å². The summed E-state index contributed by atoms with van der Waals surface area (Å²) >= 11 is 0. The first kappa shape index (κ1) is 27.1. The zero-order chi connectivity index (χ0) is 24.1. The molecule has 0 fully saturated rings. The van der Waals surface area contributed by atoms with Gasteiger partial charge in [0.05, 0.1) is 18.0 Å². The molecule has 0 atom stereocenters. The van der Waals surface area contributed by atoms with E-state index in [2.05, 4.69) is 76.0 Å². The fourth-order valence-electron chi connectivity index (χ4n) is 4.06. The van der Waals surface area contributed by atoms with Crippen molar-refractivity contribution >= 4 is 11.4 Å². The molecule has 0 aliphatic rings. The van der Waals surface area contributed by atoms with E-state index in [9.17, 15) is 0 Å². The highest BCUT2D eigenvalue weighted by Crippen LogP contribution is 2.35. The molecule has 0 aliphatic carbocycles. The van der Waals surface area contributed by atoms with Crippen LogP contribution in [0.4, 0.5) is 11.4 Å². The second-order valence-corrected chi connectivity index (χ2v) is 9.83. The molecule has 0 saturated heterocycles. The maximum Gasteiger partial charge on any atom is 0.122 e. The van der Waals surface area contributed by atoms with E-state index in [0.717, 1.165) is 35.7 Å². The van der Waals surface area contributed by atoms with Crippen LogP contribution in [0.2, 0.25) is 0 Å². The molecule has 182 valence electrons. The van der Waals surface area contributed by atoms with Gasteiger partial charge in [-0.2, -0.15) is 10.2 Å². The van der Waals surface area contributed by atoms with Crippen molar-refractivity contribution in [2.45, 2.75) is 112 Å². The maximum absolute atomic E-state index is 6.17. The third kappa shape index (κ3) is 9.70. The molecular formula is C30H46N2O. The Kier molecular flexibility index (Phi) is 12.2. The van der Waals surface area contributed by atoms with Crippen molar-refractivity contribution in [1.29, 1.82) is 0 Å². The molecule has 0 heterocycles. The van der Waals surface area contributed by atoms with Gasteiger partial charge in [0.2, 0.25) is 0 Å². The fraction of sp³-hybridized carbons (Fsp3) is 0.600. The normalized spacial score (nSPS) is 11.6. The van der Waals surface area contributed by atoms with Crippen LogP contribution in [0, 0.1) is 20.8 Å². The van der Waals surface area contributed by atoms with Gasteiger partial charge in [0, 0.05) is 0 Å². The summed E-state index contributed by atoms with van der Waals surface area (Å²) in [5.41, 5.74) is 6.66. The van der Waals surface area contributed by atoms with Crippen LogP contribution in [0.15, 0.2) is 40.6 Å². The Morgan fingerprint density at radius 2 is 1.33 bits per heavy atom. The molecule has 3 heteroatoms. The summed E-state index contributed by atoms with van der Waals surface area (Å²) < 4.78 is 6.17. The summed E-state index contributed by atoms with van der Waals surface area (Å²) in [6.45, 7) is 13.8. The third-order valence-electron chi connectivity index (χ3n) is 6.47. The van der Waals surface area contributed by atoms with Gasteiger partial charge in [0.15, 0.2) is 0 Å². The number of rotatable bonds is 15. The Hall–Kier alpha value is -2.16. The lowest BCUT2D eigenvalue weighted by atomic mass is 9.99. The number of aryl methyl sites for hydroxylation is 3. The minimum atomic E-state index is 0.360. The van der Waals surface area contributed by atoms with Crippen LogP contribution in [-0.2, 0) is 0 Å². The van der Waals surface area contributed by atoms with Crippen LogP contribution in [-0.4, -0.2) is 6.61 Å². The Morgan fingerprint density at radius 3 is 1.94 bits per heavy atom. The molecule has 2 aromatic rings. The number of nitrogens with zero attached hydrogens (tertiary/aromatic N) is 2. The van der Waals surface area contributed by atoms with Crippen LogP contribution < -0.4 is 4.74 Å². The molecule has 0 unspecified atom stereocenters. The van der Waals surface area contributed by atoms with Crippen molar-refractivity contribution < 1.29 is 4.74 Å². The lowest BCUT2D eigenvalue weighted by molar-refractivity contribution is 0.302. The SMILES string of the molecule is CCCCCCCCCCCCOc1cc(C(C)C)c(N=Nc2ccc(C)c(C)c2)cc1C. The molecule has 0 N–H and O–H groups in total. The molecular weight excluding hydrogens is 404 g/mol. The Labute approximate surface area is 203 Å². The van der Waals surface area contributed by atoms with Crippen LogP contribution in [0.3, 0.4) is 0 Å². The predicted octanol–water partition coefficient (Wildman–Crippen LogP) is 10.5. The number of ether oxygens (including phenoxy) is 1. The first-order valence-electron chi connectivity index (χ1n) is 13.2. The molecule has 33 heavy (non-hydrogen) atoms. The van der Waals surface area contributed by atoms with Gasteiger partial charge in [-0.25, -0.2) is 0 Å². The summed E-state index contributed by atoms with van der Waals surface area (Å²) in [7, 11) is 0. The first-order valence-corrected chi connectivity index (χ1v) is 13.2. The average Bonchev–Trinajstić information content (AvgIpc) is 2.79. The molecule has 0 amide bonds. The molecule has 3 nitrogen and oxygen atoms in total. The van der Waals surface area contributed by atoms with Crippen LogP contribution in [0.1, 0.15) is 113 Å². The summed E-state index contributed by atoms with van der Waals surface area (Å²) in [5, 5.41) is 9.11. The monoisotopic (exact) mass is 450 g/mol. The molecule has 0 saturated carbocycles. The van der Waals surface area contributed by atoms with Crippen molar-refractivity contribution in [2.24, 2.45) is 10.2 Å². The van der Waals surface area contributed by atoms with Gasteiger partial charge in [-0.3, -0.25) is 0 Å². The minimum absolute atomic E-state index is 0.360. The quantitative estimate of drug-likeness (QED) is 0.196. The number of benzene rings is 2. The predicted molar refractivity (Wildman–Crippen MR) is 143 cm³/mol. The van der Waals surface area contributed by atoms with E-state index in [1.54, 1.807) is 0 Å². The van der Waals surface area contributed by atoms with Gasteiger partial charge in [0.25, 0.3) is 0 Å². The molecule has 0 radical (unpaired) electrons. The number of hydrogen-bond acceptors (Lipinski definition) is 3. The van der Waals surface area contributed by atoms with Gasteiger partial charge in [-0.05, 0) is 79.6 Å². The van der Waals surface area contributed by atoms with Crippen molar-refractivity contribution in [2.75, 3.05) is 6.61 Å². The Morgan fingerprint density at radius 1 is 0.697 bits per heavy atom. The van der Waals surface area contributed by atoms with Gasteiger partial charge >= 0.3 is 0 Å². The van der Waals surface area contributed by atoms with Crippen LogP contribution in [0.25, 0.3) is 0 Å². The largest absolute Gasteiger partial charge is 0.493 e. The van der Waals surface area contributed by atoms with E-state index in [-0.39, 0.29) is 0 Å². The Bertz CT molecular complexity index is 870. The van der Waals surface area contributed by atoms with Crippen LogP contribution in [0.5, 0.6) is 5.75 Å². The summed E-state index contributed by atoms with van der Waals surface area (Å²) in [4.78, 5) is 0. The molecule has 2 rings (SSSR count). The van der Waals surface area contributed by atoms with Gasteiger partial charge in [-0.1, -0.05) is 84.6 Å². The Balaban J connectivity index is 1.85. The van der Waals surface area contributed by atoms with E-state index < -0.39 is 0 Å². The zero-order valence-corrected chi connectivity index (χ0v) is 22.0. The highest BCUT2D eigenvalue weighted by molar-refractivity contribution is 5.55. The van der Waals surface area contributed by atoms with E-state index in [1.807, 2.05) is 6.07 Å². The van der Waals surface area contributed by atoms with Gasteiger partial charge in [-0.15, -0.1) is 0 Å². The fourth-order valence-corrected chi connectivity index (χ4v) is 4.06. The second-order valence-electron chi connectivity index (χ2n) is 9.83. The van der Waals surface area contributed by atoms with E-state index >= 15 is 0 Å². The van der Waals surface area contributed by atoms with Gasteiger partial charge in [0.1, 0.15) is 5.75 Å². The zero-order valence-electron chi connectivity index (χ0n) is 22.0. The second kappa shape index (κ2) is 14.9. The molecule has 0 bridgehead atoms. The van der Waals surface area contributed by atoms with Crippen molar-refractivity contribution in [3.05, 3.63) is 52.6 Å². The number of unbranched alkanes of at least 4 members (excludes halogenated alkanes) is 9. The van der Waals surface area contributed by atoms with Crippen molar-refractivity contribution in [1.82, 2.24) is 0 Å². The maximum atomic E-state index is 6.17. The summed E-state index contributed by atoms with van der Waals surface area (Å²) in [6, 6.07) is 10.5. The van der Waals surface area contributed by atoms with E-state index in [4.69, 9.17) is 4.74 Å². The molecule has 2 aromatic carbocycles. The lowest BCUT2D eigenvalue weighted by Crippen LogP contribution is -2.00. The van der Waals surface area contributed by atoms with E-state index in [0.29, 0.717) is 5.92 Å². The topological polar surface area (TPSA) is 34.0 Å². The third-order valence-corrected chi connectivity index (χ3v) is 6.47. The number of hydrogen-bond donors (Lipinski definition) is 0. The molecule has 0 aliphatic heterocycles. The standard InChI is InChI=1S/C30H46N2O/c1-7-8-9-10-11-12-13-14-15-16-19-33-30-22-28(23(2)3)29(21-26(30)6)32-31-27-18-17-24(4)25(5)20-27/h17-18,20-23H,7-16,19H2,1-6H3. The smallest absolute Gasteiger partial charge is 0.122 e.